The number of ketones is 1. The molecule has 40 heavy (non-hydrogen) atoms. The fraction of sp³-hybridized carbons (Fsp3) is 0.143. The van der Waals surface area contributed by atoms with E-state index in [1.165, 1.54) is 34.3 Å². The lowest BCUT2D eigenvalue weighted by atomic mass is 9.98. The van der Waals surface area contributed by atoms with Crippen LogP contribution in [0.5, 0.6) is 0 Å². The number of halogens is 1. The molecule has 9 nitrogen and oxygen atoms in total. The second-order valence-electron chi connectivity index (χ2n) is 9.52. The Balaban J connectivity index is 1.70. The van der Waals surface area contributed by atoms with Gasteiger partial charge in [0, 0.05) is 28.6 Å². The summed E-state index contributed by atoms with van der Waals surface area (Å²) in [5, 5.41) is 5.68. The first kappa shape index (κ1) is 27.8. The molecule has 3 aromatic carbocycles. The molecular weight excluding hydrogens is 574 g/mol. The van der Waals surface area contributed by atoms with E-state index in [2.05, 4.69) is 6.58 Å². The zero-order valence-corrected chi connectivity index (χ0v) is 23.7. The second-order valence-corrected chi connectivity index (χ2v) is 13.2. The molecular formula is C28H24ClN3O6S2. The average molecular weight is 598 g/mol. The highest BCUT2D eigenvalue weighted by atomic mass is 35.5. The molecule has 0 fully saturated rings. The SMILES string of the molecule is C=C(C)C(=O)N1CCc2c(n(S(=O)(=O)c3ccccc3)c3ccc(C(=O)c4ccc(Cl)c(S(N)(=O)=O)c4)cc23)C1. The van der Waals surface area contributed by atoms with Gasteiger partial charge in [0.15, 0.2) is 5.78 Å². The lowest BCUT2D eigenvalue weighted by Crippen LogP contribution is -2.37. The van der Waals surface area contributed by atoms with Crippen LogP contribution in [0.2, 0.25) is 5.02 Å². The lowest BCUT2D eigenvalue weighted by Gasteiger charge is -2.28. The molecule has 0 spiro atoms. The number of fused-ring (bicyclic) bond motifs is 3. The molecule has 0 radical (unpaired) electrons. The molecule has 0 unspecified atom stereocenters. The van der Waals surface area contributed by atoms with Crippen LogP contribution in [0.25, 0.3) is 10.9 Å². The van der Waals surface area contributed by atoms with Gasteiger partial charge in [-0.3, -0.25) is 9.59 Å². The van der Waals surface area contributed by atoms with E-state index in [-0.39, 0.29) is 38.4 Å². The molecule has 0 saturated carbocycles. The lowest BCUT2D eigenvalue weighted by molar-refractivity contribution is -0.128. The van der Waals surface area contributed by atoms with Gasteiger partial charge in [-0.1, -0.05) is 36.4 Å². The Morgan fingerprint density at radius 3 is 2.25 bits per heavy atom. The fourth-order valence-corrected chi connectivity index (χ4v) is 7.57. The number of hydrogen-bond acceptors (Lipinski definition) is 6. The normalized spacial score (nSPS) is 13.7. The predicted molar refractivity (Wildman–Crippen MR) is 151 cm³/mol. The highest BCUT2D eigenvalue weighted by molar-refractivity contribution is 7.90. The van der Waals surface area contributed by atoms with Crippen molar-refractivity contribution in [3.8, 4) is 0 Å². The monoisotopic (exact) mass is 597 g/mol. The van der Waals surface area contributed by atoms with E-state index < -0.39 is 25.8 Å². The summed E-state index contributed by atoms with van der Waals surface area (Å²) < 4.78 is 52.9. The molecule has 1 amide bonds. The van der Waals surface area contributed by atoms with E-state index in [1.54, 1.807) is 42.2 Å². The number of aromatic nitrogens is 1. The van der Waals surface area contributed by atoms with Crippen molar-refractivity contribution in [2.75, 3.05) is 6.54 Å². The van der Waals surface area contributed by atoms with Gasteiger partial charge < -0.3 is 4.90 Å². The van der Waals surface area contributed by atoms with Crippen molar-refractivity contribution in [1.29, 1.82) is 0 Å². The van der Waals surface area contributed by atoms with Crippen molar-refractivity contribution in [1.82, 2.24) is 8.87 Å². The first-order valence-corrected chi connectivity index (χ1v) is 15.5. The molecule has 1 aliphatic rings. The van der Waals surface area contributed by atoms with Crippen molar-refractivity contribution in [2.45, 2.75) is 29.7 Å². The first-order chi connectivity index (χ1) is 18.8. The zero-order valence-electron chi connectivity index (χ0n) is 21.3. The van der Waals surface area contributed by atoms with Crippen LogP contribution in [0.15, 0.2) is 88.7 Å². The Morgan fingerprint density at radius 2 is 1.60 bits per heavy atom. The second kappa shape index (κ2) is 10.0. The molecule has 2 heterocycles. The van der Waals surface area contributed by atoms with Gasteiger partial charge in [0.1, 0.15) is 4.90 Å². The van der Waals surface area contributed by atoms with Gasteiger partial charge in [-0.15, -0.1) is 0 Å². The topological polar surface area (TPSA) is 137 Å². The van der Waals surface area contributed by atoms with E-state index >= 15 is 0 Å². The standard InChI is InChI=1S/C28H24ClN3O6S2/c1-17(2)28(34)31-13-12-21-22-14-18(27(33)19-8-10-23(29)26(15-19)39(30,35)36)9-11-24(22)32(25(21)16-31)40(37,38)20-6-4-3-5-7-20/h3-11,14-15H,1,12-13,16H2,2H3,(H2,30,35,36). The van der Waals surface area contributed by atoms with E-state index in [9.17, 15) is 26.4 Å². The van der Waals surface area contributed by atoms with Crippen LogP contribution in [-0.4, -0.2) is 43.9 Å². The molecule has 2 N–H and O–H groups in total. The Labute approximate surface area is 236 Å². The third kappa shape index (κ3) is 4.75. The number of rotatable bonds is 6. The molecule has 1 aromatic heterocycles. The molecule has 206 valence electrons. The van der Waals surface area contributed by atoms with Crippen molar-refractivity contribution in [3.05, 3.63) is 106 Å². The fourth-order valence-electron chi connectivity index (χ4n) is 4.91. The summed E-state index contributed by atoms with van der Waals surface area (Å²) in [6.45, 7) is 5.71. The number of primary sulfonamides is 1. The average Bonchev–Trinajstić information content (AvgIpc) is 3.26. The molecule has 0 saturated heterocycles. The van der Waals surface area contributed by atoms with Crippen LogP contribution < -0.4 is 5.14 Å². The predicted octanol–water partition coefficient (Wildman–Crippen LogP) is 3.87. The zero-order chi connectivity index (χ0) is 29.0. The number of benzene rings is 3. The number of nitrogens with zero attached hydrogens (tertiary/aromatic N) is 2. The van der Waals surface area contributed by atoms with Crippen molar-refractivity contribution in [3.63, 3.8) is 0 Å². The van der Waals surface area contributed by atoms with Gasteiger partial charge in [0.2, 0.25) is 15.9 Å². The molecule has 0 aliphatic carbocycles. The van der Waals surface area contributed by atoms with Gasteiger partial charge in [0.25, 0.3) is 10.0 Å². The summed E-state index contributed by atoms with van der Waals surface area (Å²) in [6, 6.07) is 16.4. The van der Waals surface area contributed by atoms with Crippen LogP contribution in [-0.2, 0) is 37.8 Å². The first-order valence-electron chi connectivity index (χ1n) is 12.1. The number of hydrogen-bond donors (Lipinski definition) is 1. The summed E-state index contributed by atoms with van der Waals surface area (Å²) in [6.07, 6.45) is 0.357. The van der Waals surface area contributed by atoms with Gasteiger partial charge >= 0.3 is 0 Å². The molecule has 4 aromatic rings. The van der Waals surface area contributed by atoms with Gasteiger partial charge in [-0.25, -0.2) is 25.9 Å². The number of carbonyl (C=O) groups is 2. The highest BCUT2D eigenvalue weighted by Crippen LogP contribution is 2.35. The Hall–Kier alpha value is -3.77. The van der Waals surface area contributed by atoms with Crippen LogP contribution in [0, 0.1) is 0 Å². The van der Waals surface area contributed by atoms with Gasteiger partial charge in [-0.2, -0.15) is 0 Å². The maximum absolute atomic E-state index is 13.9. The number of sulfonamides is 1. The summed E-state index contributed by atoms with van der Waals surface area (Å²) in [5.74, 6) is -0.769. The van der Waals surface area contributed by atoms with Crippen molar-refractivity contribution < 1.29 is 26.4 Å². The van der Waals surface area contributed by atoms with Gasteiger partial charge in [-0.05, 0) is 67.4 Å². The molecule has 1 aliphatic heterocycles. The Bertz CT molecular complexity index is 1950. The van der Waals surface area contributed by atoms with Crippen molar-refractivity contribution in [2.24, 2.45) is 5.14 Å². The van der Waals surface area contributed by atoms with E-state index in [1.807, 2.05) is 0 Å². The molecule has 5 rings (SSSR count). The third-order valence-electron chi connectivity index (χ3n) is 6.80. The van der Waals surface area contributed by atoms with Crippen LogP contribution in [0.3, 0.4) is 0 Å². The van der Waals surface area contributed by atoms with E-state index in [0.717, 1.165) is 6.07 Å². The van der Waals surface area contributed by atoms with Crippen molar-refractivity contribution >= 4 is 54.2 Å². The minimum absolute atomic E-state index is 0.0416. The Morgan fingerprint density at radius 1 is 0.950 bits per heavy atom. The molecule has 12 heteroatoms. The van der Waals surface area contributed by atoms with Crippen LogP contribution in [0.1, 0.15) is 34.1 Å². The van der Waals surface area contributed by atoms with Gasteiger partial charge in [0.05, 0.1) is 27.7 Å². The molecule has 0 bridgehead atoms. The maximum atomic E-state index is 13.9. The van der Waals surface area contributed by atoms with Crippen LogP contribution >= 0.6 is 11.6 Å². The van der Waals surface area contributed by atoms with Crippen LogP contribution in [0.4, 0.5) is 0 Å². The number of carbonyl (C=O) groups excluding carboxylic acids is 2. The summed E-state index contributed by atoms with van der Waals surface area (Å²) >= 11 is 5.98. The van der Waals surface area contributed by atoms with E-state index in [0.29, 0.717) is 40.7 Å². The summed E-state index contributed by atoms with van der Waals surface area (Å²) in [4.78, 5) is 27.4. The number of nitrogens with two attached hydrogens (primary N) is 1. The minimum atomic E-state index is -4.17. The Kier molecular flexibility index (Phi) is 6.95. The largest absolute Gasteiger partial charge is 0.333 e. The minimum Gasteiger partial charge on any atom is -0.333 e. The highest BCUT2D eigenvalue weighted by Gasteiger charge is 2.32. The summed E-state index contributed by atoms with van der Waals surface area (Å²) in [5.41, 5.74) is 2.09. The molecule has 0 atom stereocenters. The summed E-state index contributed by atoms with van der Waals surface area (Å²) in [7, 11) is -8.24. The third-order valence-corrected chi connectivity index (χ3v) is 9.96. The van der Waals surface area contributed by atoms with E-state index in [4.69, 9.17) is 16.7 Å². The number of amides is 1. The smallest absolute Gasteiger partial charge is 0.268 e. The maximum Gasteiger partial charge on any atom is 0.268 e. The quantitative estimate of drug-likeness (QED) is 0.265.